The standard InChI is InChI=1S/C17H21N3S.HI/c18-17(19-11-10-14-7-4-12-21-14)20-16-9-3-6-13-5-1-2-8-15(13)16;/h3-4,6-7,9,12H,1-2,5,8,10-11H2,(H3,18,19,20);1H. The molecule has 0 amide bonds. The minimum Gasteiger partial charge on any atom is -0.370 e. The van der Waals surface area contributed by atoms with Crippen molar-refractivity contribution >= 4 is 47.0 Å². The van der Waals surface area contributed by atoms with Crippen LogP contribution in [-0.2, 0) is 19.3 Å². The van der Waals surface area contributed by atoms with Crippen molar-refractivity contribution in [2.75, 3.05) is 11.9 Å². The molecule has 3 N–H and O–H groups in total. The van der Waals surface area contributed by atoms with Gasteiger partial charge in [0.25, 0.3) is 0 Å². The van der Waals surface area contributed by atoms with Gasteiger partial charge in [-0.1, -0.05) is 18.2 Å². The van der Waals surface area contributed by atoms with E-state index < -0.39 is 0 Å². The molecule has 0 atom stereocenters. The van der Waals surface area contributed by atoms with Gasteiger partial charge in [-0.05, 0) is 54.3 Å². The Bertz CT molecular complexity index is 623. The van der Waals surface area contributed by atoms with Crippen LogP contribution < -0.4 is 11.1 Å². The number of hydrogen-bond donors (Lipinski definition) is 2. The van der Waals surface area contributed by atoms with Crippen molar-refractivity contribution in [3.63, 3.8) is 0 Å². The van der Waals surface area contributed by atoms with Gasteiger partial charge in [-0.2, -0.15) is 0 Å². The molecule has 1 aliphatic carbocycles. The van der Waals surface area contributed by atoms with Crippen molar-refractivity contribution < 1.29 is 0 Å². The normalized spacial score (nSPS) is 14.1. The Balaban J connectivity index is 0.00000176. The summed E-state index contributed by atoms with van der Waals surface area (Å²) >= 11 is 1.77. The Morgan fingerprint density at radius 1 is 1.18 bits per heavy atom. The Kier molecular flexibility index (Phi) is 6.70. The number of thiophene rings is 1. The van der Waals surface area contributed by atoms with Gasteiger partial charge in [0.2, 0.25) is 0 Å². The zero-order valence-electron chi connectivity index (χ0n) is 12.5. The van der Waals surface area contributed by atoms with Gasteiger partial charge in [0.15, 0.2) is 5.96 Å². The van der Waals surface area contributed by atoms with Gasteiger partial charge in [0.05, 0.1) is 0 Å². The van der Waals surface area contributed by atoms with E-state index in [1.165, 1.54) is 35.3 Å². The van der Waals surface area contributed by atoms with Crippen molar-refractivity contribution in [2.24, 2.45) is 10.7 Å². The molecule has 0 saturated carbocycles. The maximum Gasteiger partial charge on any atom is 0.193 e. The maximum absolute atomic E-state index is 6.02. The van der Waals surface area contributed by atoms with Gasteiger partial charge < -0.3 is 11.1 Å². The molecule has 118 valence electrons. The van der Waals surface area contributed by atoms with Crippen LogP contribution in [0.2, 0.25) is 0 Å². The molecule has 1 aliphatic rings. The first-order valence-electron chi connectivity index (χ1n) is 7.53. The monoisotopic (exact) mass is 427 g/mol. The average Bonchev–Trinajstić information content (AvgIpc) is 3.01. The highest BCUT2D eigenvalue weighted by molar-refractivity contribution is 14.0. The number of halogens is 1. The van der Waals surface area contributed by atoms with Crippen LogP contribution in [0.3, 0.4) is 0 Å². The number of nitrogens with two attached hydrogens (primary N) is 1. The molecule has 3 rings (SSSR count). The fraction of sp³-hybridized carbons (Fsp3) is 0.353. The predicted molar refractivity (Wildman–Crippen MR) is 107 cm³/mol. The van der Waals surface area contributed by atoms with Crippen molar-refractivity contribution in [1.82, 2.24) is 0 Å². The summed E-state index contributed by atoms with van der Waals surface area (Å²) < 4.78 is 0. The summed E-state index contributed by atoms with van der Waals surface area (Å²) in [5.74, 6) is 0.519. The number of rotatable bonds is 4. The number of nitrogens with one attached hydrogen (secondary N) is 1. The van der Waals surface area contributed by atoms with Gasteiger partial charge in [-0.3, -0.25) is 4.99 Å². The van der Waals surface area contributed by atoms with E-state index in [-0.39, 0.29) is 24.0 Å². The SMILES string of the molecule is I.NC(=NCCc1cccs1)Nc1cccc2c1CCCC2. The molecule has 0 unspecified atom stereocenters. The summed E-state index contributed by atoms with van der Waals surface area (Å²) in [6, 6.07) is 10.6. The second kappa shape index (κ2) is 8.53. The molecule has 0 radical (unpaired) electrons. The van der Waals surface area contributed by atoms with Crippen LogP contribution in [0, 0.1) is 0 Å². The fourth-order valence-corrected chi connectivity index (χ4v) is 3.52. The number of aryl methyl sites for hydroxylation is 1. The molecular weight excluding hydrogens is 405 g/mol. The highest BCUT2D eigenvalue weighted by Gasteiger charge is 2.12. The number of benzene rings is 1. The number of fused-ring (bicyclic) bond motifs is 1. The lowest BCUT2D eigenvalue weighted by Gasteiger charge is -2.19. The molecule has 0 fully saturated rings. The summed E-state index contributed by atoms with van der Waals surface area (Å²) in [5, 5.41) is 5.38. The molecule has 1 aromatic carbocycles. The van der Waals surface area contributed by atoms with Crippen LogP contribution in [0.25, 0.3) is 0 Å². The van der Waals surface area contributed by atoms with Gasteiger partial charge >= 0.3 is 0 Å². The van der Waals surface area contributed by atoms with Crippen LogP contribution in [-0.4, -0.2) is 12.5 Å². The third kappa shape index (κ3) is 4.46. The van der Waals surface area contributed by atoms with E-state index in [4.69, 9.17) is 5.73 Å². The largest absolute Gasteiger partial charge is 0.370 e. The zero-order chi connectivity index (χ0) is 14.5. The van der Waals surface area contributed by atoms with E-state index in [2.05, 4.69) is 46.0 Å². The summed E-state index contributed by atoms with van der Waals surface area (Å²) in [6.45, 7) is 0.731. The second-order valence-corrected chi connectivity index (χ2v) is 6.40. The van der Waals surface area contributed by atoms with Crippen LogP contribution in [0.15, 0.2) is 40.7 Å². The summed E-state index contributed by atoms with van der Waals surface area (Å²) in [5.41, 5.74) is 10.0. The first kappa shape index (κ1) is 17.3. The van der Waals surface area contributed by atoms with E-state index in [1.54, 1.807) is 11.3 Å². The quantitative estimate of drug-likeness (QED) is 0.436. The van der Waals surface area contributed by atoms with Crippen molar-refractivity contribution in [1.29, 1.82) is 0 Å². The van der Waals surface area contributed by atoms with E-state index in [0.29, 0.717) is 5.96 Å². The van der Waals surface area contributed by atoms with Crippen molar-refractivity contribution in [2.45, 2.75) is 32.1 Å². The molecule has 0 bridgehead atoms. The summed E-state index contributed by atoms with van der Waals surface area (Å²) in [7, 11) is 0. The lowest BCUT2D eigenvalue weighted by molar-refractivity contribution is 0.687. The van der Waals surface area contributed by atoms with Crippen LogP contribution in [0.4, 0.5) is 5.69 Å². The number of nitrogens with zero attached hydrogens (tertiary/aromatic N) is 1. The van der Waals surface area contributed by atoms with E-state index in [9.17, 15) is 0 Å². The first-order chi connectivity index (χ1) is 10.3. The van der Waals surface area contributed by atoms with Gasteiger partial charge in [0.1, 0.15) is 0 Å². The minimum absolute atomic E-state index is 0. The third-order valence-corrected chi connectivity index (χ3v) is 4.82. The van der Waals surface area contributed by atoms with E-state index in [0.717, 1.165) is 25.1 Å². The molecule has 22 heavy (non-hydrogen) atoms. The molecule has 5 heteroatoms. The lowest BCUT2D eigenvalue weighted by atomic mass is 9.90. The second-order valence-electron chi connectivity index (χ2n) is 5.37. The predicted octanol–water partition coefficient (Wildman–Crippen LogP) is 4.21. The molecule has 0 saturated heterocycles. The van der Waals surface area contributed by atoms with E-state index >= 15 is 0 Å². The van der Waals surface area contributed by atoms with Gasteiger partial charge in [-0.15, -0.1) is 35.3 Å². The van der Waals surface area contributed by atoms with Crippen molar-refractivity contribution in [3.05, 3.63) is 51.7 Å². The number of anilines is 1. The van der Waals surface area contributed by atoms with Crippen LogP contribution in [0.5, 0.6) is 0 Å². The Morgan fingerprint density at radius 2 is 2.05 bits per heavy atom. The number of aliphatic imine (C=N–C) groups is 1. The number of hydrogen-bond acceptors (Lipinski definition) is 2. The van der Waals surface area contributed by atoms with E-state index in [1.807, 2.05) is 0 Å². The topological polar surface area (TPSA) is 50.4 Å². The molecule has 1 aromatic heterocycles. The molecule has 1 heterocycles. The minimum atomic E-state index is 0. The fourth-order valence-electron chi connectivity index (χ4n) is 2.82. The zero-order valence-corrected chi connectivity index (χ0v) is 15.7. The molecule has 0 aliphatic heterocycles. The maximum atomic E-state index is 6.02. The molecular formula is C17H22IN3S. The van der Waals surface area contributed by atoms with Crippen LogP contribution in [0.1, 0.15) is 28.8 Å². The molecule has 3 nitrogen and oxygen atoms in total. The molecule has 0 spiro atoms. The Labute approximate surface area is 153 Å². The van der Waals surface area contributed by atoms with Gasteiger partial charge in [-0.25, -0.2) is 0 Å². The number of guanidine groups is 1. The highest BCUT2D eigenvalue weighted by atomic mass is 127. The Hall–Kier alpha value is -1.08. The summed E-state index contributed by atoms with van der Waals surface area (Å²) in [6.07, 6.45) is 5.83. The molecule has 2 aromatic rings. The Morgan fingerprint density at radius 3 is 2.86 bits per heavy atom. The first-order valence-corrected chi connectivity index (χ1v) is 8.41. The van der Waals surface area contributed by atoms with Gasteiger partial charge in [0, 0.05) is 23.5 Å². The average molecular weight is 427 g/mol. The highest BCUT2D eigenvalue weighted by Crippen LogP contribution is 2.27. The smallest absolute Gasteiger partial charge is 0.193 e. The third-order valence-electron chi connectivity index (χ3n) is 3.88. The van der Waals surface area contributed by atoms with Crippen molar-refractivity contribution in [3.8, 4) is 0 Å². The summed E-state index contributed by atoms with van der Waals surface area (Å²) in [4.78, 5) is 5.78. The lowest BCUT2D eigenvalue weighted by Crippen LogP contribution is -2.24. The van der Waals surface area contributed by atoms with Crippen LogP contribution >= 0.6 is 35.3 Å².